The van der Waals surface area contributed by atoms with Crippen LogP contribution in [0.4, 0.5) is 0 Å². The van der Waals surface area contributed by atoms with Gasteiger partial charge >= 0.3 is 17.9 Å². The van der Waals surface area contributed by atoms with Gasteiger partial charge in [-0.2, -0.15) is 0 Å². The standard InChI is InChI=1S/C62H92O6/c1-4-7-10-13-16-19-22-25-28-30-32-34-37-40-43-46-49-52-55-61(64)67-58-59(57-66-60(63)54-51-48-45-42-39-36-33-27-24-21-18-15-12-9-6-3)68-62(65)56-53-50-47-44-41-38-35-31-29-26-23-20-17-14-11-8-5-2/h8-13,15-22,24-30,32-35,38,44,47,59H,4-7,14,23,31,36-37,39-43,45-46,48-58H2,1-3H3/b11-8-,12-9-,13-10-,18-15-,19-16-,20-17-,24-21-,25-22-,29-26-,30-28-,33-27-,34-32-,38-35-,47-44-. The zero-order valence-electron chi connectivity index (χ0n) is 42.8. The first-order valence-corrected chi connectivity index (χ1v) is 26.3. The van der Waals surface area contributed by atoms with Crippen molar-refractivity contribution in [3.8, 4) is 0 Å². The summed E-state index contributed by atoms with van der Waals surface area (Å²) in [4.78, 5) is 38.1. The van der Waals surface area contributed by atoms with Crippen molar-refractivity contribution in [2.75, 3.05) is 13.2 Å². The number of unbranched alkanes of at least 4 members (excludes halogenated alkanes) is 12. The molecule has 1 unspecified atom stereocenters. The third-order valence-electron chi connectivity index (χ3n) is 10.1. The summed E-state index contributed by atoms with van der Waals surface area (Å²) >= 11 is 0. The molecular formula is C62H92O6. The van der Waals surface area contributed by atoms with Crippen LogP contribution in [0, 0.1) is 0 Å². The summed E-state index contributed by atoms with van der Waals surface area (Å²) in [5.41, 5.74) is 0. The van der Waals surface area contributed by atoms with Gasteiger partial charge in [-0.3, -0.25) is 14.4 Å². The van der Waals surface area contributed by atoms with E-state index in [9.17, 15) is 14.4 Å². The van der Waals surface area contributed by atoms with Gasteiger partial charge in [0.2, 0.25) is 0 Å². The second kappa shape index (κ2) is 54.4. The molecule has 0 bridgehead atoms. The highest BCUT2D eigenvalue weighted by atomic mass is 16.6. The maximum atomic E-state index is 12.8. The Morgan fingerprint density at radius 3 is 1.10 bits per heavy atom. The van der Waals surface area contributed by atoms with Gasteiger partial charge in [0.15, 0.2) is 6.10 Å². The van der Waals surface area contributed by atoms with E-state index in [-0.39, 0.29) is 31.6 Å². The van der Waals surface area contributed by atoms with Gasteiger partial charge in [0, 0.05) is 19.3 Å². The van der Waals surface area contributed by atoms with Crippen molar-refractivity contribution in [3.05, 3.63) is 170 Å². The molecule has 6 heteroatoms. The molecule has 0 N–H and O–H groups in total. The molecule has 1 atom stereocenters. The van der Waals surface area contributed by atoms with Crippen LogP contribution >= 0.6 is 0 Å². The lowest BCUT2D eigenvalue weighted by molar-refractivity contribution is -0.167. The average Bonchev–Trinajstić information content (AvgIpc) is 3.34. The second-order valence-electron chi connectivity index (χ2n) is 16.5. The van der Waals surface area contributed by atoms with Gasteiger partial charge in [-0.15, -0.1) is 0 Å². The SMILES string of the molecule is CC\C=C/C=C\C=C/C=C\CCCCCCCC(=O)OCC(COC(=O)CCCCCCC\C=C/C=C\C=C/C=C\C=C/CCC)OC(=O)CCC/C=C\C/C=C\C/C=C\C/C=C\C/C=C\CC. The van der Waals surface area contributed by atoms with E-state index in [4.69, 9.17) is 14.2 Å². The lowest BCUT2D eigenvalue weighted by atomic mass is 10.1. The van der Waals surface area contributed by atoms with Crippen LogP contribution in [0.5, 0.6) is 0 Å². The fourth-order valence-corrected chi connectivity index (χ4v) is 6.28. The van der Waals surface area contributed by atoms with Crippen LogP contribution in [-0.4, -0.2) is 37.2 Å². The van der Waals surface area contributed by atoms with E-state index in [0.717, 1.165) is 128 Å². The maximum Gasteiger partial charge on any atom is 0.306 e. The molecule has 0 heterocycles. The molecule has 0 fully saturated rings. The third-order valence-corrected chi connectivity index (χ3v) is 10.1. The molecule has 0 amide bonds. The summed E-state index contributed by atoms with van der Waals surface area (Å²) in [5, 5.41) is 0. The number of hydrogen-bond donors (Lipinski definition) is 0. The molecule has 0 radical (unpaired) electrons. The number of carbonyl (C=O) groups is 3. The van der Waals surface area contributed by atoms with Crippen LogP contribution < -0.4 is 0 Å². The molecule has 0 aliphatic carbocycles. The molecule has 0 rings (SSSR count). The highest BCUT2D eigenvalue weighted by Crippen LogP contribution is 2.12. The van der Waals surface area contributed by atoms with Crippen molar-refractivity contribution in [2.24, 2.45) is 0 Å². The van der Waals surface area contributed by atoms with Crippen molar-refractivity contribution < 1.29 is 28.6 Å². The summed E-state index contributed by atoms with van der Waals surface area (Å²) in [7, 11) is 0. The minimum Gasteiger partial charge on any atom is -0.462 e. The Kier molecular flexibility index (Phi) is 50.2. The Labute approximate surface area is 415 Å². The Hall–Kier alpha value is -5.23. The van der Waals surface area contributed by atoms with Crippen molar-refractivity contribution in [2.45, 2.75) is 187 Å². The van der Waals surface area contributed by atoms with E-state index in [1.54, 1.807) is 0 Å². The van der Waals surface area contributed by atoms with Gasteiger partial charge in [-0.25, -0.2) is 0 Å². The van der Waals surface area contributed by atoms with Crippen LogP contribution in [0.2, 0.25) is 0 Å². The predicted octanol–water partition coefficient (Wildman–Crippen LogP) is 17.6. The van der Waals surface area contributed by atoms with Crippen LogP contribution in [0.3, 0.4) is 0 Å². The molecule has 0 aromatic heterocycles. The van der Waals surface area contributed by atoms with E-state index >= 15 is 0 Å². The number of carbonyl (C=O) groups excluding carboxylic acids is 3. The lowest BCUT2D eigenvalue weighted by Gasteiger charge is -2.18. The van der Waals surface area contributed by atoms with Gasteiger partial charge in [0.05, 0.1) is 0 Å². The van der Waals surface area contributed by atoms with Crippen LogP contribution in [0.15, 0.2) is 170 Å². The highest BCUT2D eigenvalue weighted by molar-refractivity contribution is 5.71. The lowest BCUT2D eigenvalue weighted by Crippen LogP contribution is -2.30. The summed E-state index contributed by atoms with van der Waals surface area (Å²) in [6.45, 7) is 6.17. The fraction of sp³-hybridized carbons (Fsp3) is 0.500. The molecule has 6 nitrogen and oxygen atoms in total. The first kappa shape index (κ1) is 62.8. The molecule has 0 aliphatic rings. The van der Waals surface area contributed by atoms with Crippen LogP contribution in [0.1, 0.15) is 181 Å². The van der Waals surface area contributed by atoms with Crippen molar-refractivity contribution >= 4 is 17.9 Å². The number of esters is 3. The number of allylic oxidation sites excluding steroid dienone is 28. The smallest absolute Gasteiger partial charge is 0.306 e. The normalized spacial score (nSPS) is 13.5. The number of hydrogen-bond acceptors (Lipinski definition) is 6. The van der Waals surface area contributed by atoms with E-state index in [1.807, 2.05) is 60.8 Å². The summed E-state index contributed by atoms with van der Waals surface area (Å²) < 4.78 is 16.7. The molecule has 0 aromatic rings. The van der Waals surface area contributed by atoms with E-state index in [1.165, 1.54) is 6.42 Å². The third kappa shape index (κ3) is 51.7. The Morgan fingerprint density at radius 2 is 0.662 bits per heavy atom. The van der Waals surface area contributed by atoms with Crippen LogP contribution in [-0.2, 0) is 28.6 Å². The molecular weight excluding hydrogens is 841 g/mol. The molecule has 0 aromatic carbocycles. The predicted molar refractivity (Wildman–Crippen MR) is 292 cm³/mol. The zero-order chi connectivity index (χ0) is 49.3. The summed E-state index contributed by atoms with van der Waals surface area (Å²) in [5.74, 6) is -1.05. The molecule has 0 spiro atoms. The Balaban J connectivity index is 4.63. The first-order chi connectivity index (χ1) is 33.5. The molecule has 0 saturated heterocycles. The first-order valence-electron chi connectivity index (χ1n) is 26.3. The Bertz CT molecular complexity index is 1640. The van der Waals surface area contributed by atoms with Gasteiger partial charge in [0.25, 0.3) is 0 Å². The molecule has 0 saturated carbocycles. The monoisotopic (exact) mass is 933 g/mol. The average molecular weight is 933 g/mol. The topological polar surface area (TPSA) is 78.9 Å². The quantitative estimate of drug-likeness (QED) is 0.0199. The molecule has 68 heavy (non-hydrogen) atoms. The van der Waals surface area contributed by atoms with Crippen LogP contribution in [0.25, 0.3) is 0 Å². The van der Waals surface area contributed by atoms with Crippen molar-refractivity contribution in [1.82, 2.24) is 0 Å². The Morgan fingerprint density at radius 1 is 0.324 bits per heavy atom. The number of rotatable bonds is 44. The maximum absolute atomic E-state index is 12.8. The molecule has 0 aliphatic heterocycles. The minimum atomic E-state index is -0.838. The highest BCUT2D eigenvalue weighted by Gasteiger charge is 2.19. The second-order valence-corrected chi connectivity index (χ2v) is 16.5. The largest absolute Gasteiger partial charge is 0.462 e. The molecule has 376 valence electrons. The van der Waals surface area contributed by atoms with E-state index in [0.29, 0.717) is 19.3 Å². The minimum absolute atomic E-state index is 0.131. The zero-order valence-corrected chi connectivity index (χ0v) is 42.8. The summed E-state index contributed by atoms with van der Waals surface area (Å²) in [6, 6.07) is 0. The number of ether oxygens (including phenoxy) is 3. The van der Waals surface area contributed by atoms with Gasteiger partial charge in [-0.1, -0.05) is 236 Å². The van der Waals surface area contributed by atoms with E-state index in [2.05, 4.69) is 130 Å². The summed E-state index contributed by atoms with van der Waals surface area (Å²) in [6.07, 6.45) is 80.4. The van der Waals surface area contributed by atoms with Crippen molar-refractivity contribution in [1.29, 1.82) is 0 Å². The van der Waals surface area contributed by atoms with E-state index < -0.39 is 12.1 Å². The van der Waals surface area contributed by atoms with Gasteiger partial charge in [-0.05, 0) is 96.3 Å². The van der Waals surface area contributed by atoms with Gasteiger partial charge < -0.3 is 14.2 Å². The van der Waals surface area contributed by atoms with Gasteiger partial charge in [0.1, 0.15) is 13.2 Å². The van der Waals surface area contributed by atoms with Crippen molar-refractivity contribution in [3.63, 3.8) is 0 Å². The fourth-order valence-electron chi connectivity index (χ4n) is 6.28.